The molecule has 2 nitrogen and oxygen atoms in total. The Hall–Kier alpha value is -1.02. The fourth-order valence-corrected chi connectivity index (χ4v) is 1.02. The maximum atomic E-state index is 11.3. The molecule has 0 aliphatic carbocycles. The Bertz CT molecular complexity index is 354. The minimum absolute atomic E-state index is 0.0468. The highest BCUT2D eigenvalue weighted by molar-refractivity contribution is 7.78. The smallest absolute Gasteiger partial charge is 0.185 e. The van der Waals surface area contributed by atoms with Crippen molar-refractivity contribution in [2.75, 3.05) is 6.54 Å². The summed E-state index contributed by atoms with van der Waals surface area (Å²) >= 11 is 10.0. The SMILES string of the molecule is O=C(CN=C=S)c1ccc(Cl)cc1. The van der Waals surface area contributed by atoms with Gasteiger partial charge in [-0.25, -0.2) is 4.99 Å². The van der Waals surface area contributed by atoms with Gasteiger partial charge < -0.3 is 0 Å². The number of rotatable bonds is 3. The van der Waals surface area contributed by atoms with E-state index in [1.54, 1.807) is 24.3 Å². The van der Waals surface area contributed by atoms with E-state index in [2.05, 4.69) is 22.4 Å². The van der Waals surface area contributed by atoms with Gasteiger partial charge in [0, 0.05) is 10.6 Å². The normalized spacial score (nSPS) is 9.00. The van der Waals surface area contributed by atoms with Gasteiger partial charge in [0.15, 0.2) is 5.78 Å². The van der Waals surface area contributed by atoms with Crippen LogP contribution in [0.25, 0.3) is 0 Å². The minimum atomic E-state index is -0.0889. The van der Waals surface area contributed by atoms with Gasteiger partial charge in [-0.2, -0.15) is 0 Å². The number of thiocarbonyl (C=S) groups is 1. The third-order valence-corrected chi connectivity index (χ3v) is 1.83. The molecule has 1 aromatic rings. The summed E-state index contributed by atoms with van der Waals surface area (Å²) in [6.07, 6.45) is 0. The maximum absolute atomic E-state index is 11.3. The molecular weight excluding hydrogens is 206 g/mol. The second-order valence-electron chi connectivity index (χ2n) is 2.34. The van der Waals surface area contributed by atoms with E-state index in [9.17, 15) is 4.79 Å². The summed E-state index contributed by atoms with van der Waals surface area (Å²) < 4.78 is 0. The zero-order valence-electron chi connectivity index (χ0n) is 6.66. The monoisotopic (exact) mass is 211 g/mol. The Morgan fingerprint density at radius 2 is 2.08 bits per heavy atom. The van der Waals surface area contributed by atoms with Gasteiger partial charge in [0.2, 0.25) is 0 Å². The van der Waals surface area contributed by atoms with Crippen LogP contribution in [0.2, 0.25) is 5.02 Å². The van der Waals surface area contributed by atoms with Gasteiger partial charge >= 0.3 is 0 Å². The molecule has 0 bridgehead atoms. The van der Waals surface area contributed by atoms with Crippen LogP contribution in [0, 0.1) is 0 Å². The summed E-state index contributed by atoms with van der Waals surface area (Å²) in [4.78, 5) is 14.8. The quantitative estimate of drug-likeness (QED) is 0.437. The Kier molecular flexibility index (Phi) is 3.77. The summed E-state index contributed by atoms with van der Waals surface area (Å²) in [6, 6.07) is 6.64. The van der Waals surface area contributed by atoms with Gasteiger partial charge in [-0.05, 0) is 36.5 Å². The van der Waals surface area contributed by atoms with Crippen molar-refractivity contribution in [3.63, 3.8) is 0 Å². The number of benzene rings is 1. The van der Waals surface area contributed by atoms with Crippen LogP contribution in [0.5, 0.6) is 0 Å². The first-order valence-electron chi connectivity index (χ1n) is 3.56. The summed E-state index contributed by atoms with van der Waals surface area (Å²) in [5.74, 6) is -0.0889. The number of aliphatic imine (C=N–C) groups is 1. The van der Waals surface area contributed by atoms with Crippen molar-refractivity contribution in [3.8, 4) is 0 Å². The van der Waals surface area contributed by atoms with E-state index in [-0.39, 0.29) is 12.3 Å². The van der Waals surface area contributed by atoms with Gasteiger partial charge in [0.25, 0.3) is 0 Å². The number of isothiocyanates is 1. The summed E-state index contributed by atoms with van der Waals surface area (Å²) in [7, 11) is 0. The molecule has 0 radical (unpaired) electrons. The van der Waals surface area contributed by atoms with Crippen molar-refractivity contribution >= 4 is 34.8 Å². The van der Waals surface area contributed by atoms with E-state index >= 15 is 0 Å². The maximum Gasteiger partial charge on any atom is 0.185 e. The lowest BCUT2D eigenvalue weighted by atomic mass is 10.1. The van der Waals surface area contributed by atoms with Crippen molar-refractivity contribution in [2.45, 2.75) is 0 Å². The average Bonchev–Trinajstić information content (AvgIpc) is 2.15. The number of hydrogen-bond donors (Lipinski definition) is 0. The predicted octanol–water partition coefficient (Wildman–Crippen LogP) is 2.63. The van der Waals surface area contributed by atoms with Crippen LogP contribution in [0.1, 0.15) is 10.4 Å². The van der Waals surface area contributed by atoms with E-state index in [0.29, 0.717) is 10.6 Å². The van der Waals surface area contributed by atoms with Crippen LogP contribution in [-0.2, 0) is 0 Å². The standard InChI is InChI=1S/C9H6ClNOS/c10-8-3-1-7(2-4-8)9(12)5-11-6-13/h1-4H,5H2. The number of ketones is 1. The van der Waals surface area contributed by atoms with Crippen molar-refractivity contribution in [1.29, 1.82) is 0 Å². The fourth-order valence-electron chi connectivity index (χ4n) is 0.831. The third kappa shape index (κ3) is 3.07. The lowest BCUT2D eigenvalue weighted by molar-refractivity contribution is 0.100. The zero-order chi connectivity index (χ0) is 9.68. The van der Waals surface area contributed by atoms with E-state index < -0.39 is 0 Å². The molecule has 13 heavy (non-hydrogen) atoms. The van der Waals surface area contributed by atoms with E-state index in [1.807, 2.05) is 0 Å². The Morgan fingerprint density at radius 1 is 1.46 bits per heavy atom. The molecule has 0 fully saturated rings. The number of nitrogens with zero attached hydrogens (tertiary/aromatic N) is 1. The lowest BCUT2D eigenvalue weighted by Crippen LogP contribution is -2.02. The molecule has 0 unspecified atom stereocenters. The fraction of sp³-hybridized carbons (Fsp3) is 0.111. The van der Waals surface area contributed by atoms with Gasteiger partial charge in [0.1, 0.15) is 6.54 Å². The summed E-state index contributed by atoms with van der Waals surface area (Å²) in [6.45, 7) is 0.0468. The van der Waals surface area contributed by atoms with Crippen molar-refractivity contribution in [1.82, 2.24) is 0 Å². The largest absolute Gasteiger partial charge is 0.292 e. The van der Waals surface area contributed by atoms with Gasteiger partial charge in [-0.15, -0.1) is 0 Å². The van der Waals surface area contributed by atoms with Crippen LogP contribution in [0.15, 0.2) is 29.3 Å². The zero-order valence-corrected chi connectivity index (χ0v) is 8.23. The van der Waals surface area contributed by atoms with Gasteiger partial charge in [0.05, 0.1) is 5.16 Å². The summed E-state index contributed by atoms with van der Waals surface area (Å²) in [5.41, 5.74) is 0.582. The molecule has 0 saturated carbocycles. The number of halogens is 1. The number of carbonyl (C=O) groups is 1. The highest BCUT2D eigenvalue weighted by Crippen LogP contribution is 2.09. The molecular formula is C9H6ClNOS. The van der Waals surface area contributed by atoms with E-state index in [1.165, 1.54) is 0 Å². The average molecular weight is 212 g/mol. The molecule has 1 rings (SSSR count). The number of Topliss-reactive ketones (excluding diaryl/α,β-unsaturated/α-hetero) is 1. The van der Waals surface area contributed by atoms with Gasteiger partial charge in [-0.1, -0.05) is 11.6 Å². The first-order chi connectivity index (χ1) is 6.24. The van der Waals surface area contributed by atoms with Crippen molar-refractivity contribution in [2.24, 2.45) is 4.99 Å². The second kappa shape index (κ2) is 4.87. The van der Waals surface area contributed by atoms with Crippen LogP contribution in [0.4, 0.5) is 0 Å². The minimum Gasteiger partial charge on any atom is -0.292 e. The van der Waals surface area contributed by atoms with Crippen molar-refractivity contribution < 1.29 is 4.79 Å². The molecule has 0 heterocycles. The lowest BCUT2D eigenvalue weighted by Gasteiger charge is -1.95. The summed E-state index contributed by atoms with van der Waals surface area (Å²) in [5, 5.41) is 2.75. The van der Waals surface area contributed by atoms with E-state index in [0.717, 1.165) is 0 Å². The molecule has 4 heteroatoms. The molecule has 0 spiro atoms. The molecule has 0 aliphatic rings. The van der Waals surface area contributed by atoms with Crippen LogP contribution in [-0.4, -0.2) is 17.5 Å². The molecule has 0 amide bonds. The van der Waals surface area contributed by atoms with Crippen LogP contribution in [0.3, 0.4) is 0 Å². The molecule has 0 N–H and O–H groups in total. The highest BCUT2D eigenvalue weighted by Gasteiger charge is 2.02. The number of hydrogen-bond acceptors (Lipinski definition) is 3. The number of carbonyl (C=O) groups excluding carboxylic acids is 1. The van der Waals surface area contributed by atoms with Crippen molar-refractivity contribution in [3.05, 3.63) is 34.9 Å². The van der Waals surface area contributed by atoms with Crippen LogP contribution >= 0.6 is 23.8 Å². The van der Waals surface area contributed by atoms with Crippen LogP contribution < -0.4 is 0 Å². The Morgan fingerprint density at radius 3 is 2.62 bits per heavy atom. The Balaban J connectivity index is 2.77. The second-order valence-corrected chi connectivity index (χ2v) is 2.96. The molecule has 1 aromatic carbocycles. The highest BCUT2D eigenvalue weighted by atomic mass is 35.5. The molecule has 0 aliphatic heterocycles. The topological polar surface area (TPSA) is 29.4 Å². The predicted molar refractivity (Wildman–Crippen MR) is 55.7 cm³/mol. The first-order valence-corrected chi connectivity index (χ1v) is 4.35. The third-order valence-electron chi connectivity index (χ3n) is 1.45. The molecule has 0 atom stereocenters. The molecule has 66 valence electrons. The van der Waals surface area contributed by atoms with E-state index in [4.69, 9.17) is 11.6 Å². The molecule has 0 saturated heterocycles. The first kappa shape index (κ1) is 10.1. The van der Waals surface area contributed by atoms with Gasteiger partial charge in [-0.3, -0.25) is 4.79 Å². The Labute approximate surface area is 86.2 Å². The molecule has 0 aromatic heterocycles.